The predicted octanol–water partition coefficient (Wildman–Crippen LogP) is 1.67. The van der Waals surface area contributed by atoms with Crippen molar-refractivity contribution in [3.8, 4) is 0 Å². The Morgan fingerprint density at radius 1 is 1.46 bits per heavy atom. The maximum atomic E-state index is 13.2. The third-order valence-corrected chi connectivity index (χ3v) is 4.22. The van der Waals surface area contributed by atoms with Crippen LogP contribution in [-0.4, -0.2) is 44.7 Å². The SMILES string of the molecule is CC1CCNC(=O)C1CNc1ncnc2nn(CC(C)(F)F)cc12. The van der Waals surface area contributed by atoms with E-state index < -0.39 is 12.5 Å². The van der Waals surface area contributed by atoms with Gasteiger partial charge in [-0.3, -0.25) is 9.48 Å². The first kappa shape index (κ1) is 16.5. The Hall–Kier alpha value is -2.32. The van der Waals surface area contributed by atoms with E-state index >= 15 is 0 Å². The van der Waals surface area contributed by atoms with Crippen LogP contribution in [0.1, 0.15) is 20.3 Å². The highest BCUT2D eigenvalue weighted by Crippen LogP contribution is 2.23. The van der Waals surface area contributed by atoms with E-state index in [1.165, 1.54) is 17.2 Å². The summed E-state index contributed by atoms with van der Waals surface area (Å²) in [6.07, 6.45) is 3.76. The van der Waals surface area contributed by atoms with Gasteiger partial charge in [-0.15, -0.1) is 0 Å². The number of halogens is 2. The molecule has 2 unspecified atom stereocenters. The Kier molecular flexibility index (Phi) is 4.33. The summed E-state index contributed by atoms with van der Waals surface area (Å²) in [5.74, 6) is -2.23. The average Bonchev–Trinajstić information content (AvgIpc) is 2.87. The molecule has 2 aromatic heterocycles. The first-order chi connectivity index (χ1) is 11.3. The minimum Gasteiger partial charge on any atom is -0.369 e. The predicted molar refractivity (Wildman–Crippen MR) is 84.7 cm³/mol. The van der Waals surface area contributed by atoms with Crippen LogP contribution in [0.25, 0.3) is 11.0 Å². The van der Waals surface area contributed by atoms with Crippen molar-refractivity contribution >= 4 is 22.8 Å². The van der Waals surface area contributed by atoms with Gasteiger partial charge < -0.3 is 10.6 Å². The van der Waals surface area contributed by atoms with Gasteiger partial charge in [0.15, 0.2) is 5.65 Å². The molecule has 2 N–H and O–H groups in total. The summed E-state index contributed by atoms with van der Waals surface area (Å²) in [7, 11) is 0. The third-order valence-electron chi connectivity index (χ3n) is 4.22. The molecule has 1 aliphatic heterocycles. The van der Waals surface area contributed by atoms with Crippen molar-refractivity contribution in [2.45, 2.75) is 32.7 Å². The fourth-order valence-electron chi connectivity index (χ4n) is 2.90. The van der Waals surface area contributed by atoms with Crippen molar-refractivity contribution < 1.29 is 13.6 Å². The average molecular weight is 338 g/mol. The Labute approximate surface area is 137 Å². The monoisotopic (exact) mass is 338 g/mol. The Balaban J connectivity index is 1.78. The summed E-state index contributed by atoms with van der Waals surface area (Å²) < 4.78 is 27.5. The molecule has 7 nitrogen and oxygen atoms in total. The highest BCUT2D eigenvalue weighted by molar-refractivity contribution is 5.86. The molecule has 24 heavy (non-hydrogen) atoms. The molecular weight excluding hydrogens is 318 g/mol. The van der Waals surface area contributed by atoms with Crippen LogP contribution in [-0.2, 0) is 11.3 Å². The number of alkyl halides is 2. The molecule has 1 saturated heterocycles. The van der Waals surface area contributed by atoms with E-state index in [1.807, 2.05) is 6.92 Å². The van der Waals surface area contributed by atoms with Crippen molar-refractivity contribution in [2.75, 3.05) is 18.4 Å². The molecule has 1 aliphatic rings. The van der Waals surface area contributed by atoms with Gasteiger partial charge >= 0.3 is 0 Å². The topological polar surface area (TPSA) is 84.7 Å². The van der Waals surface area contributed by atoms with Crippen LogP contribution in [0.2, 0.25) is 0 Å². The summed E-state index contributed by atoms with van der Waals surface area (Å²) in [4.78, 5) is 20.1. The minimum absolute atomic E-state index is 0.0212. The maximum Gasteiger partial charge on any atom is 0.264 e. The number of fused-ring (bicyclic) bond motifs is 1. The van der Waals surface area contributed by atoms with Crippen LogP contribution in [0.15, 0.2) is 12.5 Å². The fourth-order valence-corrected chi connectivity index (χ4v) is 2.90. The van der Waals surface area contributed by atoms with Gasteiger partial charge in [0.1, 0.15) is 18.7 Å². The van der Waals surface area contributed by atoms with Gasteiger partial charge in [0, 0.05) is 26.2 Å². The van der Waals surface area contributed by atoms with Gasteiger partial charge in [0.05, 0.1) is 11.3 Å². The number of hydrogen-bond donors (Lipinski definition) is 2. The van der Waals surface area contributed by atoms with E-state index in [2.05, 4.69) is 25.7 Å². The summed E-state index contributed by atoms with van der Waals surface area (Å²) in [6.45, 7) is 3.49. The number of hydrogen-bond acceptors (Lipinski definition) is 5. The first-order valence-corrected chi connectivity index (χ1v) is 7.91. The van der Waals surface area contributed by atoms with Gasteiger partial charge in [-0.2, -0.15) is 5.10 Å². The molecule has 3 rings (SSSR count). The molecule has 0 aromatic carbocycles. The number of amides is 1. The zero-order valence-corrected chi connectivity index (χ0v) is 13.6. The lowest BCUT2D eigenvalue weighted by molar-refractivity contribution is -0.127. The lowest BCUT2D eigenvalue weighted by Crippen LogP contribution is -2.44. The molecule has 1 amide bonds. The van der Waals surface area contributed by atoms with E-state index in [0.29, 0.717) is 29.9 Å². The van der Waals surface area contributed by atoms with Crippen molar-refractivity contribution in [1.82, 2.24) is 25.1 Å². The highest BCUT2D eigenvalue weighted by Gasteiger charge is 2.29. The molecule has 0 radical (unpaired) electrons. The zero-order valence-electron chi connectivity index (χ0n) is 13.6. The van der Waals surface area contributed by atoms with Crippen LogP contribution < -0.4 is 10.6 Å². The summed E-state index contributed by atoms with van der Waals surface area (Å²) in [6, 6.07) is 0. The van der Waals surface area contributed by atoms with E-state index in [9.17, 15) is 13.6 Å². The number of aromatic nitrogens is 4. The second kappa shape index (κ2) is 6.29. The van der Waals surface area contributed by atoms with E-state index in [0.717, 1.165) is 13.3 Å². The molecule has 0 bridgehead atoms. The second-order valence-electron chi connectivity index (χ2n) is 6.40. The van der Waals surface area contributed by atoms with Crippen LogP contribution in [0.3, 0.4) is 0 Å². The molecular formula is C15H20F2N6O. The van der Waals surface area contributed by atoms with E-state index in [-0.39, 0.29) is 17.7 Å². The van der Waals surface area contributed by atoms with Gasteiger partial charge in [0.2, 0.25) is 5.91 Å². The van der Waals surface area contributed by atoms with Gasteiger partial charge in [0.25, 0.3) is 5.92 Å². The Bertz CT molecular complexity index is 741. The van der Waals surface area contributed by atoms with E-state index in [1.54, 1.807) is 0 Å². The summed E-state index contributed by atoms with van der Waals surface area (Å²) in [5, 5.41) is 10.6. The largest absolute Gasteiger partial charge is 0.369 e. The summed E-state index contributed by atoms with van der Waals surface area (Å²) in [5.41, 5.74) is 0.345. The third kappa shape index (κ3) is 3.60. The molecule has 130 valence electrons. The molecule has 1 fully saturated rings. The van der Waals surface area contributed by atoms with Crippen molar-refractivity contribution in [3.05, 3.63) is 12.5 Å². The Morgan fingerprint density at radius 2 is 2.25 bits per heavy atom. The van der Waals surface area contributed by atoms with Gasteiger partial charge in [-0.1, -0.05) is 6.92 Å². The molecule has 0 saturated carbocycles. The molecule has 2 aromatic rings. The number of carbonyl (C=O) groups is 1. The standard InChI is InChI=1S/C15H20F2N6O/c1-9-3-4-18-14(24)10(9)5-19-12-11-6-23(7-15(2,16)17)22-13(11)21-8-20-12/h6,8-10H,3-5,7H2,1-2H3,(H,18,24)(H,19,20,21,22). The quantitative estimate of drug-likeness (QED) is 0.866. The number of rotatable bonds is 5. The number of anilines is 1. The molecule has 2 atom stereocenters. The number of carbonyl (C=O) groups excluding carboxylic acids is 1. The molecule has 3 heterocycles. The molecule has 9 heteroatoms. The molecule has 0 aliphatic carbocycles. The molecule has 0 spiro atoms. The second-order valence-corrected chi connectivity index (χ2v) is 6.40. The van der Waals surface area contributed by atoms with Crippen molar-refractivity contribution in [2.24, 2.45) is 11.8 Å². The Morgan fingerprint density at radius 3 is 2.96 bits per heavy atom. The van der Waals surface area contributed by atoms with Crippen LogP contribution in [0, 0.1) is 11.8 Å². The van der Waals surface area contributed by atoms with E-state index in [4.69, 9.17) is 0 Å². The van der Waals surface area contributed by atoms with Gasteiger partial charge in [-0.05, 0) is 12.3 Å². The maximum absolute atomic E-state index is 13.2. The lowest BCUT2D eigenvalue weighted by Gasteiger charge is -2.28. The fraction of sp³-hybridized carbons (Fsp3) is 0.600. The van der Waals surface area contributed by atoms with Crippen molar-refractivity contribution in [1.29, 1.82) is 0 Å². The number of piperidine rings is 1. The number of nitrogens with one attached hydrogen (secondary N) is 2. The van der Waals surface area contributed by atoms with Gasteiger partial charge in [-0.25, -0.2) is 18.7 Å². The highest BCUT2D eigenvalue weighted by atomic mass is 19.3. The summed E-state index contributed by atoms with van der Waals surface area (Å²) >= 11 is 0. The van der Waals surface area contributed by atoms with Crippen LogP contribution in [0.5, 0.6) is 0 Å². The first-order valence-electron chi connectivity index (χ1n) is 7.91. The number of nitrogens with zero attached hydrogens (tertiary/aromatic N) is 4. The van der Waals surface area contributed by atoms with Crippen molar-refractivity contribution in [3.63, 3.8) is 0 Å². The lowest BCUT2D eigenvalue weighted by atomic mass is 9.87. The van der Waals surface area contributed by atoms with Crippen LogP contribution in [0.4, 0.5) is 14.6 Å². The zero-order chi connectivity index (χ0) is 17.3. The normalized spacial score (nSPS) is 21.8. The smallest absolute Gasteiger partial charge is 0.264 e. The minimum atomic E-state index is -2.86. The van der Waals surface area contributed by atoms with Crippen LogP contribution >= 0.6 is 0 Å².